The molecule has 4 rings (SSSR count). The number of carboxylic acids is 1. The number of carboxylic acid groups (broad SMARTS) is 1. The Morgan fingerprint density at radius 2 is 1.24 bits per heavy atom. The quantitative estimate of drug-likeness (QED) is 0.651. The van der Waals surface area contributed by atoms with Gasteiger partial charge in [-0.3, -0.25) is 0 Å². The van der Waals surface area contributed by atoms with E-state index in [4.69, 9.17) is 0 Å². The Balaban J connectivity index is 1.79. The number of anilines is 2. The predicted molar refractivity (Wildman–Crippen MR) is 99.0 cm³/mol. The average Bonchev–Trinajstić information content (AvgIpc) is 2.68. The van der Waals surface area contributed by atoms with Gasteiger partial charge in [-0.25, -0.2) is 4.79 Å². The summed E-state index contributed by atoms with van der Waals surface area (Å²) in [5, 5.41) is 16.4. The highest BCUT2D eigenvalue weighted by molar-refractivity contribution is 5.91. The van der Waals surface area contributed by atoms with Gasteiger partial charge in [0.25, 0.3) is 0 Å². The molecule has 124 valence electrons. The summed E-state index contributed by atoms with van der Waals surface area (Å²) in [4.78, 5) is 11.3. The molecule has 1 aliphatic heterocycles. The van der Waals surface area contributed by atoms with Crippen LogP contribution in [0.5, 0.6) is 0 Å². The van der Waals surface area contributed by atoms with E-state index >= 15 is 0 Å². The smallest absolute Gasteiger partial charge is 0.335 e. The van der Waals surface area contributed by atoms with Gasteiger partial charge in [0.1, 0.15) is 0 Å². The summed E-state index contributed by atoms with van der Waals surface area (Å²) in [5.41, 5.74) is 4.32. The first-order valence-electron chi connectivity index (χ1n) is 8.23. The lowest BCUT2D eigenvalue weighted by Gasteiger charge is -2.37. The van der Waals surface area contributed by atoms with E-state index in [0.29, 0.717) is 0 Å². The number of hydrogen-bond acceptors (Lipinski definition) is 3. The van der Waals surface area contributed by atoms with E-state index < -0.39 is 5.97 Å². The van der Waals surface area contributed by atoms with Gasteiger partial charge in [-0.05, 0) is 29.3 Å². The van der Waals surface area contributed by atoms with Crippen molar-refractivity contribution < 1.29 is 9.90 Å². The number of hydrogen-bond donors (Lipinski definition) is 3. The van der Waals surface area contributed by atoms with Gasteiger partial charge >= 0.3 is 5.97 Å². The summed E-state index contributed by atoms with van der Waals surface area (Å²) in [6.07, 6.45) is 0. The first-order valence-corrected chi connectivity index (χ1v) is 8.23. The monoisotopic (exact) mass is 330 g/mol. The maximum Gasteiger partial charge on any atom is 0.335 e. The summed E-state index contributed by atoms with van der Waals surface area (Å²) >= 11 is 0. The van der Waals surface area contributed by atoms with Gasteiger partial charge in [0.15, 0.2) is 0 Å². The molecule has 0 aliphatic carbocycles. The molecule has 3 N–H and O–H groups in total. The van der Waals surface area contributed by atoms with Gasteiger partial charge in [-0.1, -0.05) is 60.7 Å². The molecule has 0 saturated carbocycles. The lowest BCUT2D eigenvalue weighted by atomic mass is 9.90. The van der Waals surface area contributed by atoms with Crippen molar-refractivity contribution >= 4 is 17.3 Å². The molecule has 4 heteroatoms. The van der Waals surface area contributed by atoms with Gasteiger partial charge in [0, 0.05) is 0 Å². The molecular formula is C21H18N2O2. The topological polar surface area (TPSA) is 61.4 Å². The van der Waals surface area contributed by atoms with Crippen LogP contribution < -0.4 is 10.6 Å². The number of fused-ring (bicyclic) bond motifs is 1. The maximum absolute atomic E-state index is 11.3. The van der Waals surface area contributed by atoms with Crippen LogP contribution in [-0.4, -0.2) is 11.1 Å². The molecule has 0 radical (unpaired) electrons. The van der Waals surface area contributed by atoms with Crippen LogP contribution in [0.3, 0.4) is 0 Å². The molecule has 25 heavy (non-hydrogen) atoms. The third kappa shape index (κ3) is 2.94. The number of nitrogens with one attached hydrogen (secondary N) is 2. The van der Waals surface area contributed by atoms with Crippen LogP contribution in [0.1, 0.15) is 33.6 Å². The molecule has 0 unspecified atom stereocenters. The predicted octanol–water partition coefficient (Wildman–Crippen LogP) is 4.70. The summed E-state index contributed by atoms with van der Waals surface area (Å²) in [6.45, 7) is 0. The molecule has 0 aromatic heterocycles. The first kappa shape index (κ1) is 15.3. The molecule has 3 aromatic carbocycles. The second-order valence-corrected chi connectivity index (χ2v) is 6.13. The Bertz CT molecular complexity index is 894. The van der Waals surface area contributed by atoms with Gasteiger partial charge in [-0.2, -0.15) is 0 Å². The lowest BCUT2D eigenvalue weighted by molar-refractivity contribution is 0.0697. The number of benzene rings is 3. The molecule has 0 saturated heterocycles. The van der Waals surface area contributed by atoms with Crippen molar-refractivity contribution in [3.05, 3.63) is 95.6 Å². The second-order valence-electron chi connectivity index (χ2n) is 6.13. The summed E-state index contributed by atoms with van der Waals surface area (Å²) in [7, 11) is 0. The molecule has 4 nitrogen and oxygen atoms in total. The second kappa shape index (κ2) is 6.32. The summed E-state index contributed by atoms with van der Waals surface area (Å²) in [5.74, 6) is -0.925. The van der Waals surface area contributed by atoms with E-state index in [2.05, 4.69) is 34.9 Å². The van der Waals surface area contributed by atoms with Crippen molar-refractivity contribution in [1.82, 2.24) is 0 Å². The van der Waals surface area contributed by atoms with Crippen LogP contribution in [0.25, 0.3) is 0 Å². The molecule has 0 bridgehead atoms. The van der Waals surface area contributed by atoms with E-state index in [-0.39, 0.29) is 17.6 Å². The van der Waals surface area contributed by atoms with Gasteiger partial charge in [0.05, 0.1) is 29.0 Å². The highest BCUT2D eigenvalue weighted by atomic mass is 16.4. The zero-order valence-corrected chi connectivity index (χ0v) is 13.5. The van der Waals surface area contributed by atoms with Crippen molar-refractivity contribution in [2.75, 3.05) is 10.6 Å². The van der Waals surface area contributed by atoms with Crippen LogP contribution in [0.4, 0.5) is 11.4 Å². The third-order valence-corrected chi connectivity index (χ3v) is 4.54. The van der Waals surface area contributed by atoms with Gasteiger partial charge in [-0.15, -0.1) is 0 Å². The number of aromatic carboxylic acids is 1. The largest absolute Gasteiger partial charge is 0.478 e. The minimum absolute atomic E-state index is 0.000134. The normalized spacial score (nSPS) is 18.6. The Labute approximate surface area is 146 Å². The summed E-state index contributed by atoms with van der Waals surface area (Å²) < 4.78 is 0. The molecule has 1 heterocycles. The highest BCUT2D eigenvalue weighted by Gasteiger charge is 2.30. The van der Waals surface area contributed by atoms with Crippen molar-refractivity contribution in [3.8, 4) is 0 Å². The van der Waals surface area contributed by atoms with Gasteiger partial charge < -0.3 is 15.7 Å². The Morgan fingerprint density at radius 1 is 0.720 bits per heavy atom. The molecule has 3 aromatic rings. The van der Waals surface area contributed by atoms with Crippen LogP contribution >= 0.6 is 0 Å². The summed E-state index contributed by atoms with van der Waals surface area (Å²) in [6, 6.07) is 25.6. The van der Waals surface area contributed by atoms with E-state index in [1.165, 1.54) is 5.56 Å². The fourth-order valence-corrected chi connectivity index (χ4v) is 3.30. The fraction of sp³-hybridized carbons (Fsp3) is 0.0952. The van der Waals surface area contributed by atoms with Gasteiger partial charge in [0.2, 0.25) is 0 Å². The highest BCUT2D eigenvalue weighted by Crippen LogP contribution is 2.42. The Hall–Kier alpha value is -3.27. The third-order valence-electron chi connectivity index (χ3n) is 4.54. The molecule has 0 fully saturated rings. The molecule has 1 aliphatic rings. The average molecular weight is 330 g/mol. The van der Waals surface area contributed by atoms with E-state index in [9.17, 15) is 9.90 Å². The van der Waals surface area contributed by atoms with Crippen LogP contribution in [0.2, 0.25) is 0 Å². The molecule has 0 amide bonds. The zero-order valence-electron chi connectivity index (χ0n) is 13.5. The van der Waals surface area contributed by atoms with Crippen LogP contribution in [0.15, 0.2) is 78.9 Å². The van der Waals surface area contributed by atoms with E-state index in [0.717, 1.165) is 16.9 Å². The van der Waals surface area contributed by atoms with Crippen molar-refractivity contribution in [2.45, 2.75) is 12.1 Å². The minimum Gasteiger partial charge on any atom is -0.478 e. The first-order chi connectivity index (χ1) is 12.2. The number of carbonyl (C=O) groups is 1. The lowest BCUT2D eigenvalue weighted by Crippen LogP contribution is -2.30. The van der Waals surface area contributed by atoms with Crippen LogP contribution in [-0.2, 0) is 0 Å². The fourth-order valence-electron chi connectivity index (χ4n) is 3.30. The van der Waals surface area contributed by atoms with Crippen molar-refractivity contribution in [3.63, 3.8) is 0 Å². The van der Waals surface area contributed by atoms with Crippen molar-refractivity contribution in [1.29, 1.82) is 0 Å². The van der Waals surface area contributed by atoms with E-state index in [1.54, 1.807) is 12.1 Å². The standard InChI is InChI=1S/C21H18N2O2/c24-21(25)16-11-12-17-18(13-16)23-20(15-9-5-2-6-10-15)19(22-17)14-7-3-1-4-8-14/h1-13,19-20,22-23H,(H,24,25)/t19-,20+/m0/s1. The minimum atomic E-state index is -0.925. The Morgan fingerprint density at radius 3 is 1.76 bits per heavy atom. The Kier molecular flexibility index (Phi) is 3.86. The van der Waals surface area contributed by atoms with Crippen LogP contribution in [0, 0.1) is 0 Å². The molecule has 0 spiro atoms. The molecule has 2 atom stereocenters. The maximum atomic E-state index is 11.3. The number of rotatable bonds is 3. The van der Waals surface area contributed by atoms with E-state index in [1.807, 2.05) is 42.5 Å². The molecular weight excluding hydrogens is 312 g/mol. The van der Waals surface area contributed by atoms with Crippen molar-refractivity contribution in [2.24, 2.45) is 0 Å². The zero-order chi connectivity index (χ0) is 17.2. The SMILES string of the molecule is O=C(O)c1ccc2c(c1)N[C@H](c1ccccc1)[C@H](c1ccccc1)N2.